The highest BCUT2D eigenvalue weighted by atomic mass is 16.2. The van der Waals surface area contributed by atoms with Gasteiger partial charge in [0.15, 0.2) is 0 Å². The number of nitrogens with two attached hydrogens (primary N) is 1. The monoisotopic (exact) mass is 276 g/mol. The minimum Gasteiger partial charge on any atom is -0.341 e. The van der Waals surface area contributed by atoms with Crippen LogP contribution in [0.2, 0.25) is 0 Å². The van der Waals surface area contributed by atoms with Crippen molar-refractivity contribution in [1.29, 1.82) is 0 Å². The van der Waals surface area contributed by atoms with Gasteiger partial charge in [-0.25, -0.2) is 0 Å². The van der Waals surface area contributed by atoms with Crippen molar-refractivity contribution in [2.45, 2.75) is 52.0 Å². The summed E-state index contributed by atoms with van der Waals surface area (Å²) in [7, 11) is 1.86. The first kappa shape index (κ1) is 16.7. The molecule has 0 aromatic heterocycles. The molecule has 0 fully saturated rings. The zero-order valence-electron chi connectivity index (χ0n) is 13.3. The molecular formula is C17H28N2O. The molecule has 0 radical (unpaired) electrons. The third-order valence-electron chi connectivity index (χ3n) is 3.51. The van der Waals surface area contributed by atoms with Crippen molar-refractivity contribution in [2.24, 2.45) is 5.73 Å². The first-order valence-electron chi connectivity index (χ1n) is 7.38. The summed E-state index contributed by atoms with van der Waals surface area (Å²) in [6, 6.07) is 8.54. The lowest BCUT2D eigenvalue weighted by Crippen LogP contribution is -2.26. The SMILES string of the molecule is CN(Cc1ccc(C(C)(C)C)cc1)C(=O)CCCCN. The average molecular weight is 276 g/mol. The third kappa shape index (κ3) is 5.33. The van der Waals surface area contributed by atoms with Gasteiger partial charge in [-0.1, -0.05) is 45.0 Å². The Morgan fingerprint density at radius 2 is 1.75 bits per heavy atom. The molecule has 0 spiro atoms. The fraction of sp³-hybridized carbons (Fsp3) is 0.588. The largest absolute Gasteiger partial charge is 0.341 e. The van der Waals surface area contributed by atoms with Gasteiger partial charge in [-0.05, 0) is 35.9 Å². The van der Waals surface area contributed by atoms with Crippen LogP contribution in [0.15, 0.2) is 24.3 Å². The van der Waals surface area contributed by atoms with Crippen LogP contribution >= 0.6 is 0 Å². The van der Waals surface area contributed by atoms with E-state index in [1.165, 1.54) is 11.1 Å². The lowest BCUT2D eigenvalue weighted by Gasteiger charge is -2.21. The summed E-state index contributed by atoms with van der Waals surface area (Å²) in [4.78, 5) is 13.7. The highest BCUT2D eigenvalue weighted by molar-refractivity contribution is 5.75. The van der Waals surface area contributed by atoms with Crippen molar-refractivity contribution in [3.8, 4) is 0 Å². The van der Waals surface area contributed by atoms with Gasteiger partial charge in [-0.3, -0.25) is 4.79 Å². The summed E-state index contributed by atoms with van der Waals surface area (Å²) in [6.45, 7) is 7.94. The molecule has 0 bridgehead atoms. The predicted molar refractivity (Wildman–Crippen MR) is 84.5 cm³/mol. The van der Waals surface area contributed by atoms with Gasteiger partial charge in [0, 0.05) is 20.0 Å². The summed E-state index contributed by atoms with van der Waals surface area (Å²) in [5, 5.41) is 0. The number of benzene rings is 1. The number of hydrogen-bond acceptors (Lipinski definition) is 2. The van der Waals surface area contributed by atoms with E-state index in [0.29, 0.717) is 19.5 Å². The molecule has 0 saturated heterocycles. The minimum absolute atomic E-state index is 0.169. The van der Waals surface area contributed by atoms with Gasteiger partial charge in [0.2, 0.25) is 5.91 Å². The molecule has 0 atom stereocenters. The number of hydrogen-bond donors (Lipinski definition) is 1. The maximum Gasteiger partial charge on any atom is 0.222 e. The average Bonchev–Trinajstić information content (AvgIpc) is 2.38. The molecular weight excluding hydrogens is 248 g/mol. The van der Waals surface area contributed by atoms with Crippen molar-refractivity contribution < 1.29 is 4.79 Å². The topological polar surface area (TPSA) is 46.3 Å². The van der Waals surface area contributed by atoms with Gasteiger partial charge < -0.3 is 10.6 Å². The standard InChI is InChI=1S/C17H28N2O/c1-17(2,3)15-10-8-14(9-11-15)13-19(4)16(20)7-5-6-12-18/h8-11H,5-7,12-13,18H2,1-4H3. The van der Waals surface area contributed by atoms with Crippen LogP contribution in [-0.4, -0.2) is 24.4 Å². The number of unbranched alkanes of at least 4 members (excludes halogenated alkanes) is 1. The van der Waals surface area contributed by atoms with E-state index in [4.69, 9.17) is 5.73 Å². The lowest BCUT2D eigenvalue weighted by molar-refractivity contribution is -0.130. The Bertz CT molecular complexity index is 418. The number of carbonyl (C=O) groups excluding carboxylic acids is 1. The first-order valence-corrected chi connectivity index (χ1v) is 7.38. The predicted octanol–water partition coefficient (Wildman–Crippen LogP) is 3.07. The van der Waals surface area contributed by atoms with Crippen LogP contribution < -0.4 is 5.73 Å². The maximum absolute atomic E-state index is 11.9. The molecule has 112 valence electrons. The summed E-state index contributed by atoms with van der Waals surface area (Å²) >= 11 is 0. The first-order chi connectivity index (χ1) is 9.34. The fourth-order valence-corrected chi connectivity index (χ4v) is 2.08. The van der Waals surface area contributed by atoms with Gasteiger partial charge in [-0.2, -0.15) is 0 Å². The van der Waals surface area contributed by atoms with E-state index in [1.54, 1.807) is 4.90 Å². The minimum atomic E-state index is 0.169. The quantitative estimate of drug-likeness (QED) is 0.812. The summed E-state index contributed by atoms with van der Waals surface area (Å²) in [5.41, 5.74) is 8.10. The highest BCUT2D eigenvalue weighted by Gasteiger charge is 2.13. The van der Waals surface area contributed by atoms with Crippen LogP contribution in [0.3, 0.4) is 0 Å². The zero-order valence-corrected chi connectivity index (χ0v) is 13.3. The van der Waals surface area contributed by atoms with Crippen LogP contribution in [0.1, 0.15) is 51.2 Å². The fourth-order valence-electron chi connectivity index (χ4n) is 2.08. The van der Waals surface area contributed by atoms with Crippen LogP contribution in [0.5, 0.6) is 0 Å². The second-order valence-corrected chi connectivity index (χ2v) is 6.44. The lowest BCUT2D eigenvalue weighted by atomic mass is 9.87. The number of nitrogens with zero attached hydrogens (tertiary/aromatic N) is 1. The molecule has 1 aromatic carbocycles. The normalized spacial score (nSPS) is 11.4. The smallest absolute Gasteiger partial charge is 0.222 e. The zero-order chi connectivity index (χ0) is 15.2. The van der Waals surface area contributed by atoms with E-state index in [9.17, 15) is 4.79 Å². The molecule has 3 heteroatoms. The van der Waals surface area contributed by atoms with E-state index in [2.05, 4.69) is 45.0 Å². The summed E-state index contributed by atoms with van der Waals surface area (Å²) in [6.07, 6.45) is 2.39. The Hall–Kier alpha value is -1.35. The Balaban J connectivity index is 2.53. The second kappa shape index (κ2) is 7.44. The van der Waals surface area contributed by atoms with E-state index in [1.807, 2.05) is 7.05 Å². The van der Waals surface area contributed by atoms with E-state index in [0.717, 1.165) is 12.8 Å². The summed E-state index contributed by atoms with van der Waals surface area (Å²) in [5.74, 6) is 0.193. The highest BCUT2D eigenvalue weighted by Crippen LogP contribution is 2.22. The third-order valence-corrected chi connectivity index (χ3v) is 3.51. The number of carbonyl (C=O) groups is 1. The molecule has 0 saturated carbocycles. The number of rotatable bonds is 6. The van der Waals surface area contributed by atoms with Crippen molar-refractivity contribution in [3.05, 3.63) is 35.4 Å². The van der Waals surface area contributed by atoms with Crippen molar-refractivity contribution in [3.63, 3.8) is 0 Å². The Labute approximate surface area is 123 Å². The van der Waals surface area contributed by atoms with Crippen LogP contribution in [0.25, 0.3) is 0 Å². The summed E-state index contributed by atoms with van der Waals surface area (Å²) < 4.78 is 0. The molecule has 2 N–H and O–H groups in total. The van der Waals surface area contributed by atoms with E-state index in [-0.39, 0.29) is 11.3 Å². The van der Waals surface area contributed by atoms with Crippen molar-refractivity contribution in [2.75, 3.05) is 13.6 Å². The second-order valence-electron chi connectivity index (χ2n) is 6.44. The van der Waals surface area contributed by atoms with Gasteiger partial charge in [0.05, 0.1) is 0 Å². The van der Waals surface area contributed by atoms with Crippen LogP contribution in [-0.2, 0) is 16.8 Å². The van der Waals surface area contributed by atoms with E-state index >= 15 is 0 Å². The number of amides is 1. The Kier molecular flexibility index (Phi) is 6.21. The van der Waals surface area contributed by atoms with Gasteiger partial charge >= 0.3 is 0 Å². The van der Waals surface area contributed by atoms with Crippen molar-refractivity contribution >= 4 is 5.91 Å². The Morgan fingerprint density at radius 3 is 2.25 bits per heavy atom. The van der Waals surface area contributed by atoms with Gasteiger partial charge in [-0.15, -0.1) is 0 Å². The van der Waals surface area contributed by atoms with Crippen LogP contribution in [0.4, 0.5) is 0 Å². The Morgan fingerprint density at radius 1 is 1.15 bits per heavy atom. The van der Waals surface area contributed by atoms with E-state index < -0.39 is 0 Å². The molecule has 0 heterocycles. The maximum atomic E-state index is 11.9. The molecule has 1 aromatic rings. The molecule has 3 nitrogen and oxygen atoms in total. The van der Waals surface area contributed by atoms with Crippen molar-refractivity contribution in [1.82, 2.24) is 4.90 Å². The van der Waals surface area contributed by atoms with Gasteiger partial charge in [0.1, 0.15) is 0 Å². The molecule has 0 aliphatic rings. The molecule has 0 unspecified atom stereocenters. The molecule has 1 amide bonds. The molecule has 20 heavy (non-hydrogen) atoms. The van der Waals surface area contributed by atoms with Crippen LogP contribution in [0, 0.1) is 0 Å². The van der Waals surface area contributed by atoms with Gasteiger partial charge in [0.25, 0.3) is 0 Å². The molecule has 0 aliphatic heterocycles. The molecule has 1 rings (SSSR count). The molecule has 0 aliphatic carbocycles.